The molecule has 1 aromatic heterocycles. The van der Waals surface area contributed by atoms with Gasteiger partial charge in [0.15, 0.2) is 0 Å². The van der Waals surface area contributed by atoms with E-state index in [2.05, 4.69) is 10.3 Å². The summed E-state index contributed by atoms with van der Waals surface area (Å²) in [5.74, 6) is -0.756. The van der Waals surface area contributed by atoms with Crippen molar-refractivity contribution in [3.8, 4) is 0 Å². The van der Waals surface area contributed by atoms with Crippen LogP contribution in [-0.2, 0) is 15.7 Å². The van der Waals surface area contributed by atoms with E-state index in [9.17, 15) is 27.9 Å². The molecule has 2 atom stereocenters. The van der Waals surface area contributed by atoms with Crippen LogP contribution in [0.25, 0.3) is 0 Å². The minimum absolute atomic E-state index is 0.00822. The van der Waals surface area contributed by atoms with Gasteiger partial charge >= 0.3 is 12.3 Å². The van der Waals surface area contributed by atoms with Gasteiger partial charge in [0, 0.05) is 12.6 Å². The summed E-state index contributed by atoms with van der Waals surface area (Å²) >= 11 is 0. The fraction of sp³-hybridized carbons (Fsp3) is 0.562. The van der Waals surface area contributed by atoms with Crippen molar-refractivity contribution in [2.75, 3.05) is 11.9 Å². The zero-order valence-corrected chi connectivity index (χ0v) is 14.5. The molecule has 0 saturated carbocycles. The largest absolute Gasteiger partial charge is 0.444 e. The number of nitrogens with one attached hydrogen (secondary N) is 1. The molecule has 1 fully saturated rings. The van der Waals surface area contributed by atoms with Crippen molar-refractivity contribution in [3.63, 3.8) is 0 Å². The molecule has 0 radical (unpaired) electrons. The number of amides is 2. The van der Waals surface area contributed by atoms with E-state index in [1.165, 1.54) is 0 Å². The lowest BCUT2D eigenvalue weighted by Crippen LogP contribution is -2.45. The summed E-state index contributed by atoms with van der Waals surface area (Å²) in [6, 6.07) is 0.797. The molecule has 1 aromatic rings. The number of aliphatic hydroxyl groups excluding tert-OH is 1. The van der Waals surface area contributed by atoms with Gasteiger partial charge in [-0.25, -0.2) is 9.78 Å². The number of likely N-dealkylation sites (tertiary alicyclic amines) is 1. The van der Waals surface area contributed by atoms with Crippen LogP contribution in [-0.4, -0.2) is 51.3 Å². The fourth-order valence-electron chi connectivity index (χ4n) is 2.43. The number of carbonyl (C=O) groups is 2. The monoisotopic (exact) mass is 375 g/mol. The number of alkyl halides is 3. The number of ether oxygens (including phenoxy) is 1. The van der Waals surface area contributed by atoms with Gasteiger partial charge < -0.3 is 15.2 Å². The molecular weight excluding hydrogens is 355 g/mol. The molecule has 2 N–H and O–H groups in total. The molecule has 2 amide bonds. The Kier molecular flexibility index (Phi) is 5.45. The second kappa shape index (κ2) is 7.10. The van der Waals surface area contributed by atoms with Gasteiger partial charge in [0.1, 0.15) is 17.5 Å². The van der Waals surface area contributed by atoms with E-state index in [1.54, 1.807) is 20.8 Å². The maximum Gasteiger partial charge on any atom is 0.417 e. The second-order valence-electron chi connectivity index (χ2n) is 6.96. The van der Waals surface area contributed by atoms with Crippen molar-refractivity contribution >= 4 is 17.8 Å². The van der Waals surface area contributed by atoms with E-state index >= 15 is 0 Å². The SMILES string of the molecule is CC(C)(C)OC(=O)N1C[C@H](O)C[C@H]1C(=O)Nc1ccc(C(F)(F)F)cn1. The molecule has 10 heteroatoms. The highest BCUT2D eigenvalue weighted by Gasteiger charge is 2.41. The number of hydrogen-bond donors (Lipinski definition) is 2. The van der Waals surface area contributed by atoms with Crippen molar-refractivity contribution in [1.82, 2.24) is 9.88 Å². The summed E-state index contributed by atoms with van der Waals surface area (Å²) in [5.41, 5.74) is -1.72. The van der Waals surface area contributed by atoms with Crippen molar-refractivity contribution in [3.05, 3.63) is 23.9 Å². The predicted octanol–water partition coefficient (Wildman–Crippen LogP) is 2.41. The number of nitrogens with zero attached hydrogens (tertiary/aromatic N) is 2. The number of β-amino-alcohol motifs (C(OH)–C–C–N with tert-alkyl or cyclic N) is 1. The van der Waals surface area contributed by atoms with Gasteiger partial charge in [-0.3, -0.25) is 9.69 Å². The third kappa shape index (κ3) is 5.07. The Morgan fingerprint density at radius 2 is 1.96 bits per heavy atom. The standard InChI is InChI=1S/C16H20F3N3O4/c1-15(2,3)26-14(25)22-8-10(23)6-11(22)13(24)21-12-5-4-9(7-20-12)16(17,18)19/h4-5,7,10-11,23H,6,8H2,1-3H3,(H,20,21,24)/t10-,11+/m1/s1. The molecule has 144 valence electrons. The Hall–Kier alpha value is -2.36. The maximum absolute atomic E-state index is 12.5. The van der Waals surface area contributed by atoms with Crippen LogP contribution in [0.5, 0.6) is 0 Å². The zero-order valence-electron chi connectivity index (χ0n) is 14.5. The summed E-state index contributed by atoms with van der Waals surface area (Å²) < 4.78 is 42.8. The first-order valence-electron chi connectivity index (χ1n) is 7.88. The molecule has 1 saturated heterocycles. The molecule has 0 bridgehead atoms. The van der Waals surface area contributed by atoms with Gasteiger partial charge in [0.05, 0.1) is 18.2 Å². The van der Waals surface area contributed by atoms with Crippen LogP contribution in [0.4, 0.5) is 23.8 Å². The summed E-state index contributed by atoms with van der Waals surface area (Å²) in [7, 11) is 0. The molecular formula is C16H20F3N3O4. The van der Waals surface area contributed by atoms with Gasteiger partial charge in [-0.2, -0.15) is 13.2 Å². The molecule has 0 aliphatic carbocycles. The van der Waals surface area contributed by atoms with Crippen LogP contribution in [0.1, 0.15) is 32.8 Å². The van der Waals surface area contributed by atoms with E-state index in [4.69, 9.17) is 4.74 Å². The van der Waals surface area contributed by atoms with Crippen LogP contribution in [0, 0.1) is 0 Å². The first-order chi connectivity index (χ1) is 11.9. The molecule has 1 aliphatic rings. The summed E-state index contributed by atoms with van der Waals surface area (Å²) in [5, 5.41) is 12.1. The summed E-state index contributed by atoms with van der Waals surface area (Å²) in [6.45, 7) is 4.92. The lowest BCUT2D eigenvalue weighted by molar-refractivity contribution is -0.137. The molecule has 2 rings (SSSR count). The normalized spacial score (nSPS) is 20.8. The molecule has 26 heavy (non-hydrogen) atoms. The smallest absolute Gasteiger partial charge is 0.417 e. The van der Waals surface area contributed by atoms with Crippen LogP contribution in [0.15, 0.2) is 18.3 Å². The highest BCUT2D eigenvalue weighted by molar-refractivity contribution is 5.96. The number of aromatic nitrogens is 1. The van der Waals surface area contributed by atoms with Gasteiger partial charge in [-0.1, -0.05) is 0 Å². The van der Waals surface area contributed by atoms with Crippen LogP contribution in [0.3, 0.4) is 0 Å². The van der Waals surface area contributed by atoms with Gasteiger partial charge in [0.2, 0.25) is 5.91 Å². The van der Waals surface area contributed by atoms with Crippen molar-refractivity contribution in [2.45, 2.75) is 51.1 Å². The Balaban J connectivity index is 2.08. The van der Waals surface area contributed by atoms with E-state index < -0.39 is 41.5 Å². The van der Waals surface area contributed by atoms with E-state index in [0.717, 1.165) is 17.0 Å². The van der Waals surface area contributed by atoms with Crippen molar-refractivity contribution < 1.29 is 32.6 Å². The first kappa shape index (κ1) is 20.0. The van der Waals surface area contributed by atoms with Crippen molar-refractivity contribution in [1.29, 1.82) is 0 Å². The summed E-state index contributed by atoms with van der Waals surface area (Å²) in [4.78, 5) is 29.2. The lowest BCUT2D eigenvalue weighted by Gasteiger charge is -2.27. The minimum atomic E-state index is -4.53. The predicted molar refractivity (Wildman–Crippen MR) is 85.2 cm³/mol. The topological polar surface area (TPSA) is 91.8 Å². The van der Waals surface area contributed by atoms with Gasteiger partial charge in [-0.05, 0) is 32.9 Å². The number of pyridine rings is 1. The van der Waals surface area contributed by atoms with E-state index in [-0.39, 0.29) is 18.8 Å². The Morgan fingerprint density at radius 3 is 2.46 bits per heavy atom. The average Bonchev–Trinajstić information content (AvgIpc) is 2.87. The Labute approximate surface area is 148 Å². The number of carbonyl (C=O) groups excluding carboxylic acids is 2. The highest BCUT2D eigenvalue weighted by atomic mass is 19.4. The van der Waals surface area contributed by atoms with Gasteiger partial charge in [-0.15, -0.1) is 0 Å². The lowest BCUT2D eigenvalue weighted by atomic mass is 10.2. The molecule has 0 unspecified atom stereocenters. The quantitative estimate of drug-likeness (QED) is 0.828. The fourth-order valence-corrected chi connectivity index (χ4v) is 2.43. The molecule has 2 heterocycles. The zero-order chi connectivity index (χ0) is 19.7. The first-order valence-corrected chi connectivity index (χ1v) is 7.88. The Morgan fingerprint density at radius 1 is 1.31 bits per heavy atom. The van der Waals surface area contributed by atoms with E-state index in [1.807, 2.05) is 0 Å². The maximum atomic E-state index is 12.5. The number of aliphatic hydroxyl groups is 1. The van der Waals surface area contributed by atoms with Crippen LogP contribution >= 0.6 is 0 Å². The Bertz CT molecular complexity index is 671. The third-order valence-electron chi connectivity index (χ3n) is 3.55. The summed E-state index contributed by atoms with van der Waals surface area (Å²) in [6.07, 6.45) is -5.59. The second-order valence-corrected chi connectivity index (χ2v) is 6.96. The van der Waals surface area contributed by atoms with Gasteiger partial charge in [0.25, 0.3) is 0 Å². The number of rotatable bonds is 2. The van der Waals surface area contributed by atoms with E-state index in [0.29, 0.717) is 6.20 Å². The number of anilines is 1. The molecule has 1 aliphatic heterocycles. The molecule has 0 aromatic carbocycles. The van der Waals surface area contributed by atoms with Crippen LogP contribution in [0.2, 0.25) is 0 Å². The third-order valence-corrected chi connectivity index (χ3v) is 3.55. The number of halogens is 3. The molecule has 7 nitrogen and oxygen atoms in total. The molecule has 0 spiro atoms. The number of hydrogen-bond acceptors (Lipinski definition) is 5. The van der Waals surface area contributed by atoms with Crippen molar-refractivity contribution in [2.24, 2.45) is 0 Å². The highest BCUT2D eigenvalue weighted by Crippen LogP contribution is 2.29. The minimum Gasteiger partial charge on any atom is -0.444 e. The van der Waals surface area contributed by atoms with Crippen LogP contribution < -0.4 is 5.32 Å². The average molecular weight is 375 g/mol.